The highest BCUT2D eigenvalue weighted by molar-refractivity contribution is 7.71. The Morgan fingerprint density at radius 2 is 1.66 bits per heavy atom. The Labute approximate surface area is 193 Å². The minimum Gasteiger partial charge on any atom is -0.494 e. The average molecular weight is 458 g/mol. The van der Waals surface area contributed by atoms with Gasteiger partial charge >= 0.3 is 0 Å². The summed E-state index contributed by atoms with van der Waals surface area (Å²) in [4.78, 5) is 20.3. The summed E-state index contributed by atoms with van der Waals surface area (Å²) in [5, 5.41) is 11.5. The zero-order valence-corrected chi connectivity index (χ0v) is 18.2. The number of aromatic amines is 1. The lowest BCUT2D eigenvalue weighted by atomic mass is 9.96. The first-order valence-electron chi connectivity index (χ1n) is 9.83. The number of allylic oxidation sites excluding steroid dienone is 1. The maximum Gasteiger partial charge on any atom is 0.262 e. The fourth-order valence-electron chi connectivity index (χ4n) is 3.74. The van der Waals surface area contributed by atoms with Crippen molar-refractivity contribution in [3.05, 3.63) is 116 Å². The molecule has 0 bridgehead atoms. The molecule has 3 aromatic carbocycles. The molecule has 0 fully saturated rings. The Kier molecular flexibility index (Phi) is 5.09. The summed E-state index contributed by atoms with van der Waals surface area (Å²) in [6.45, 7) is 0. The van der Waals surface area contributed by atoms with E-state index in [9.17, 15) is 9.90 Å². The zero-order valence-electron chi connectivity index (χ0n) is 16.6. The zero-order chi connectivity index (χ0) is 22.2. The highest BCUT2D eigenvalue weighted by atomic mass is 35.5. The number of H-pyrrole nitrogens is 1. The molecule has 156 valence electrons. The molecule has 1 aliphatic rings. The molecule has 5 rings (SSSR count). The molecule has 2 N–H and O–H groups in total. The number of rotatable bonds is 3. The van der Waals surface area contributed by atoms with Crippen LogP contribution in [0.2, 0.25) is 5.02 Å². The van der Waals surface area contributed by atoms with Crippen molar-refractivity contribution < 1.29 is 5.11 Å². The maximum absolute atomic E-state index is 12.9. The number of fused-ring (bicyclic) bond motifs is 1. The van der Waals surface area contributed by atoms with Gasteiger partial charge in [0, 0.05) is 16.7 Å². The molecule has 0 saturated carbocycles. The first kappa shape index (κ1) is 20.2. The number of aliphatic imine (C=N–C) groups is 1. The number of benzene rings is 3. The van der Waals surface area contributed by atoms with E-state index in [-0.39, 0.29) is 16.2 Å². The molecule has 4 aromatic rings. The minimum atomic E-state index is -0.500. The number of nitrogens with zero attached hydrogens (tertiary/aromatic N) is 2. The van der Waals surface area contributed by atoms with Gasteiger partial charge in [0.25, 0.3) is 5.56 Å². The minimum absolute atomic E-state index is 0.0477. The number of hydrogen-bond donors (Lipinski definition) is 2. The third-order valence-corrected chi connectivity index (χ3v) is 5.84. The summed E-state index contributed by atoms with van der Waals surface area (Å²) in [5.74, 6) is -0.295. The third-order valence-electron chi connectivity index (χ3n) is 5.23. The van der Waals surface area contributed by atoms with Gasteiger partial charge in [-0.3, -0.25) is 14.3 Å². The summed E-state index contributed by atoms with van der Waals surface area (Å²) >= 11 is 11.6. The Bertz CT molecular complexity index is 1540. The summed E-state index contributed by atoms with van der Waals surface area (Å²) in [7, 11) is 0. The van der Waals surface area contributed by atoms with E-state index in [1.807, 2.05) is 54.6 Å². The molecule has 5 nitrogen and oxygen atoms in total. The molecule has 0 unspecified atom stereocenters. The van der Waals surface area contributed by atoms with Crippen molar-refractivity contribution in [1.82, 2.24) is 9.55 Å². The van der Waals surface area contributed by atoms with Gasteiger partial charge in [0.2, 0.25) is 5.88 Å². The van der Waals surface area contributed by atoms with Crippen LogP contribution in [0.5, 0.6) is 5.88 Å². The Balaban J connectivity index is 1.77. The monoisotopic (exact) mass is 457 g/mol. The van der Waals surface area contributed by atoms with Crippen LogP contribution in [0.4, 0.5) is 5.69 Å². The predicted octanol–water partition coefficient (Wildman–Crippen LogP) is 5.93. The van der Waals surface area contributed by atoms with Crippen LogP contribution in [0.25, 0.3) is 17.3 Å². The van der Waals surface area contributed by atoms with Crippen LogP contribution in [0.3, 0.4) is 0 Å². The van der Waals surface area contributed by atoms with E-state index in [0.29, 0.717) is 10.7 Å². The number of nitrogens with one attached hydrogen (secondary N) is 1. The smallest absolute Gasteiger partial charge is 0.262 e. The van der Waals surface area contributed by atoms with Crippen LogP contribution in [0.15, 0.2) is 88.6 Å². The maximum atomic E-state index is 12.9. The SMILES string of the molecule is O=c1[nH]c(=S)n(-c2ccccc2Cl)c(O)c1/C=C1\C(c2ccccc2)=Nc2ccccc21. The molecule has 2 heterocycles. The largest absolute Gasteiger partial charge is 0.494 e. The van der Waals surface area contributed by atoms with Gasteiger partial charge in [-0.05, 0) is 36.5 Å². The number of hydrogen-bond acceptors (Lipinski definition) is 4. The van der Waals surface area contributed by atoms with E-state index in [1.165, 1.54) is 4.57 Å². The van der Waals surface area contributed by atoms with Crippen LogP contribution in [-0.2, 0) is 0 Å². The van der Waals surface area contributed by atoms with Crippen LogP contribution >= 0.6 is 23.8 Å². The fraction of sp³-hybridized carbons (Fsp3) is 0. The van der Waals surface area contributed by atoms with Crippen molar-refractivity contribution in [2.24, 2.45) is 4.99 Å². The van der Waals surface area contributed by atoms with Gasteiger partial charge in [-0.1, -0.05) is 72.3 Å². The van der Waals surface area contributed by atoms with E-state index < -0.39 is 5.56 Å². The molecule has 0 spiro atoms. The summed E-state index contributed by atoms with van der Waals surface area (Å²) in [6.07, 6.45) is 1.65. The van der Waals surface area contributed by atoms with Crippen LogP contribution in [0.1, 0.15) is 16.7 Å². The third kappa shape index (κ3) is 3.39. The molecule has 32 heavy (non-hydrogen) atoms. The molecule has 1 aliphatic heterocycles. The molecular formula is C25H16ClN3O2S. The quantitative estimate of drug-likeness (QED) is 0.374. The van der Waals surface area contributed by atoms with Gasteiger partial charge in [-0.15, -0.1) is 0 Å². The van der Waals surface area contributed by atoms with Crippen LogP contribution in [-0.4, -0.2) is 20.4 Å². The van der Waals surface area contributed by atoms with Crippen molar-refractivity contribution in [3.8, 4) is 11.6 Å². The van der Waals surface area contributed by atoms with Gasteiger partial charge in [0.1, 0.15) is 5.56 Å². The second-order valence-corrected chi connectivity index (χ2v) is 7.98. The van der Waals surface area contributed by atoms with E-state index in [1.54, 1.807) is 30.3 Å². The van der Waals surface area contributed by atoms with Gasteiger partial charge in [0.05, 0.1) is 22.1 Å². The molecule has 0 aliphatic carbocycles. The highest BCUT2D eigenvalue weighted by Crippen LogP contribution is 2.38. The summed E-state index contributed by atoms with van der Waals surface area (Å²) < 4.78 is 1.40. The average Bonchev–Trinajstić information content (AvgIpc) is 3.17. The van der Waals surface area contributed by atoms with E-state index in [4.69, 9.17) is 28.8 Å². The van der Waals surface area contributed by atoms with Crippen LogP contribution < -0.4 is 5.56 Å². The van der Waals surface area contributed by atoms with Crippen molar-refractivity contribution in [2.75, 3.05) is 0 Å². The molecule has 1 aromatic heterocycles. The number of aromatic nitrogens is 2. The molecule has 7 heteroatoms. The molecule has 0 atom stereocenters. The lowest BCUT2D eigenvalue weighted by molar-refractivity contribution is 0.432. The van der Waals surface area contributed by atoms with E-state index >= 15 is 0 Å². The standard InChI is InChI=1S/C25H16ClN3O2S/c26-19-11-5-7-13-21(19)29-24(31)18(23(30)28-25(29)32)14-17-16-10-4-6-12-20(16)27-22(17)15-8-2-1-3-9-15/h1-14,31H,(H,28,30,32)/b17-14-. The van der Waals surface area contributed by atoms with Gasteiger partial charge < -0.3 is 5.11 Å². The second kappa shape index (κ2) is 8.07. The van der Waals surface area contributed by atoms with Gasteiger partial charge in [0.15, 0.2) is 4.77 Å². The molecule has 0 radical (unpaired) electrons. The number of para-hydroxylation sites is 2. The number of aromatic hydroxyl groups is 1. The lowest BCUT2D eigenvalue weighted by Crippen LogP contribution is -2.16. The van der Waals surface area contributed by atoms with Crippen molar-refractivity contribution in [2.45, 2.75) is 0 Å². The summed E-state index contributed by atoms with van der Waals surface area (Å²) in [5.41, 5.74) is 4.06. The Morgan fingerprint density at radius 3 is 2.44 bits per heavy atom. The van der Waals surface area contributed by atoms with Crippen LogP contribution in [0, 0.1) is 4.77 Å². The van der Waals surface area contributed by atoms with Gasteiger partial charge in [-0.2, -0.15) is 0 Å². The van der Waals surface area contributed by atoms with Gasteiger partial charge in [-0.25, -0.2) is 4.99 Å². The first-order valence-corrected chi connectivity index (χ1v) is 10.6. The molecule has 0 saturated heterocycles. The highest BCUT2D eigenvalue weighted by Gasteiger charge is 2.24. The molecule has 0 amide bonds. The van der Waals surface area contributed by atoms with Crippen molar-refractivity contribution in [1.29, 1.82) is 0 Å². The van der Waals surface area contributed by atoms with Crippen molar-refractivity contribution in [3.63, 3.8) is 0 Å². The predicted molar refractivity (Wildman–Crippen MR) is 131 cm³/mol. The molecular weight excluding hydrogens is 442 g/mol. The van der Waals surface area contributed by atoms with Crippen molar-refractivity contribution >= 4 is 46.9 Å². The summed E-state index contributed by atoms with van der Waals surface area (Å²) in [6, 6.07) is 24.3. The first-order chi connectivity index (χ1) is 15.5. The fourth-order valence-corrected chi connectivity index (χ4v) is 4.24. The number of halogens is 1. The Hall–Kier alpha value is -3.74. The van der Waals surface area contributed by atoms with E-state index in [2.05, 4.69) is 4.98 Å². The topological polar surface area (TPSA) is 70.4 Å². The Morgan fingerprint density at radius 1 is 0.969 bits per heavy atom. The van der Waals surface area contributed by atoms with E-state index in [0.717, 1.165) is 28.1 Å². The second-order valence-electron chi connectivity index (χ2n) is 7.18. The normalized spacial score (nSPS) is 13.8. The lowest BCUT2D eigenvalue weighted by Gasteiger charge is -2.13.